The predicted molar refractivity (Wildman–Crippen MR) is 93.1 cm³/mol. The highest BCUT2D eigenvalue weighted by molar-refractivity contribution is 5.75. The first-order valence-electron chi connectivity index (χ1n) is 8.84. The fourth-order valence-corrected chi connectivity index (χ4v) is 5.28. The molecule has 0 heterocycles. The van der Waals surface area contributed by atoms with Gasteiger partial charge in [-0.1, -0.05) is 31.6 Å². The molecule has 130 valence electrons. The van der Waals surface area contributed by atoms with Crippen LogP contribution in [0.25, 0.3) is 0 Å². The molecule has 0 aromatic rings. The van der Waals surface area contributed by atoms with Gasteiger partial charge in [0.05, 0.1) is 11.0 Å². The lowest BCUT2D eigenvalue weighted by molar-refractivity contribution is -0.164. The standard InChI is InChI=1S/C20H32O3/c1-6-18(3,23)13-10-15-14(2)8-9-16-19(15,4)11-7-12-20(16,5)17(21)22/h6,15-16,23H,1-2,7-13H2,3-5H3,(H,21,22)/t15-,16-,18-,19+,20-/m1/s1. The maximum absolute atomic E-state index is 11.9. The molecule has 0 aromatic heterocycles. The Balaban J connectivity index is 2.29. The first kappa shape index (κ1) is 18.3. The number of aliphatic carboxylic acids is 1. The van der Waals surface area contributed by atoms with Gasteiger partial charge in [0.2, 0.25) is 0 Å². The molecule has 0 spiro atoms. The zero-order chi connectivity index (χ0) is 17.5. The van der Waals surface area contributed by atoms with Crippen molar-refractivity contribution in [3.05, 3.63) is 24.8 Å². The summed E-state index contributed by atoms with van der Waals surface area (Å²) in [4.78, 5) is 11.9. The highest BCUT2D eigenvalue weighted by atomic mass is 16.4. The Hall–Kier alpha value is -1.09. The number of carboxylic acids is 1. The molecule has 3 heteroatoms. The third-order valence-corrected chi connectivity index (χ3v) is 6.89. The lowest BCUT2D eigenvalue weighted by atomic mass is 9.46. The third-order valence-electron chi connectivity index (χ3n) is 6.89. The van der Waals surface area contributed by atoms with Crippen LogP contribution in [0.3, 0.4) is 0 Å². The van der Waals surface area contributed by atoms with Crippen molar-refractivity contribution in [1.29, 1.82) is 0 Å². The molecule has 2 rings (SSSR count). The van der Waals surface area contributed by atoms with Crippen molar-refractivity contribution in [1.82, 2.24) is 0 Å². The summed E-state index contributed by atoms with van der Waals surface area (Å²) in [7, 11) is 0. The molecule has 2 saturated carbocycles. The summed E-state index contributed by atoms with van der Waals surface area (Å²) in [6, 6.07) is 0. The number of fused-ring (bicyclic) bond motifs is 1. The summed E-state index contributed by atoms with van der Waals surface area (Å²) in [5.41, 5.74) is -0.294. The maximum atomic E-state index is 11.9. The van der Waals surface area contributed by atoms with Gasteiger partial charge in [-0.05, 0) is 69.6 Å². The quantitative estimate of drug-likeness (QED) is 0.730. The number of carboxylic acid groups (broad SMARTS) is 1. The minimum absolute atomic E-state index is 0.0298. The van der Waals surface area contributed by atoms with Crippen molar-refractivity contribution in [2.45, 2.75) is 71.3 Å². The molecular weight excluding hydrogens is 288 g/mol. The molecule has 0 amide bonds. The summed E-state index contributed by atoms with van der Waals surface area (Å²) < 4.78 is 0. The smallest absolute Gasteiger partial charge is 0.309 e. The number of allylic oxidation sites excluding steroid dienone is 1. The molecule has 0 radical (unpaired) electrons. The van der Waals surface area contributed by atoms with Crippen LogP contribution in [0.1, 0.15) is 65.7 Å². The first-order chi connectivity index (χ1) is 10.6. The summed E-state index contributed by atoms with van der Waals surface area (Å²) in [6.45, 7) is 14.0. The van der Waals surface area contributed by atoms with Crippen LogP contribution in [0.15, 0.2) is 24.8 Å². The Morgan fingerprint density at radius 1 is 1.43 bits per heavy atom. The van der Waals surface area contributed by atoms with Gasteiger partial charge >= 0.3 is 5.97 Å². The zero-order valence-electron chi connectivity index (χ0n) is 14.9. The average molecular weight is 320 g/mol. The lowest BCUT2D eigenvalue weighted by Crippen LogP contribution is -2.53. The van der Waals surface area contributed by atoms with Gasteiger partial charge in [0.25, 0.3) is 0 Å². The Bertz CT molecular complexity index is 507. The molecule has 2 N–H and O–H groups in total. The van der Waals surface area contributed by atoms with Gasteiger partial charge in [0.15, 0.2) is 0 Å². The van der Waals surface area contributed by atoms with Crippen molar-refractivity contribution in [2.24, 2.45) is 22.7 Å². The molecule has 0 aromatic carbocycles. The Labute approximate surface area is 140 Å². The van der Waals surface area contributed by atoms with Gasteiger partial charge < -0.3 is 10.2 Å². The largest absolute Gasteiger partial charge is 0.481 e. The van der Waals surface area contributed by atoms with Crippen LogP contribution in [0.2, 0.25) is 0 Å². The van der Waals surface area contributed by atoms with Gasteiger partial charge in [-0.2, -0.15) is 0 Å². The van der Waals surface area contributed by atoms with Crippen molar-refractivity contribution >= 4 is 5.97 Å². The van der Waals surface area contributed by atoms with Crippen LogP contribution >= 0.6 is 0 Å². The van der Waals surface area contributed by atoms with E-state index < -0.39 is 17.0 Å². The monoisotopic (exact) mass is 320 g/mol. The second-order valence-electron chi connectivity index (χ2n) is 8.48. The molecule has 3 nitrogen and oxygen atoms in total. The number of carbonyl (C=O) groups is 1. The molecule has 2 aliphatic rings. The minimum Gasteiger partial charge on any atom is -0.481 e. The number of rotatable bonds is 5. The van der Waals surface area contributed by atoms with Gasteiger partial charge in [-0.15, -0.1) is 6.58 Å². The van der Waals surface area contributed by atoms with Crippen molar-refractivity contribution in [3.63, 3.8) is 0 Å². The molecule has 2 fully saturated rings. The highest BCUT2D eigenvalue weighted by Crippen LogP contribution is 2.62. The lowest BCUT2D eigenvalue weighted by Gasteiger charge is -2.57. The van der Waals surface area contributed by atoms with E-state index >= 15 is 0 Å². The fourth-order valence-electron chi connectivity index (χ4n) is 5.28. The van der Waals surface area contributed by atoms with Gasteiger partial charge in [0, 0.05) is 0 Å². The third kappa shape index (κ3) is 3.13. The minimum atomic E-state index is -0.867. The molecule has 2 aliphatic carbocycles. The van der Waals surface area contributed by atoms with Crippen molar-refractivity contribution < 1.29 is 15.0 Å². The molecule has 0 bridgehead atoms. The second-order valence-corrected chi connectivity index (χ2v) is 8.48. The summed E-state index contributed by atoms with van der Waals surface area (Å²) in [5, 5.41) is 20.1. The van der Waals surface area contributed by atoms with Gasteiger partial charge in [-0.3, -0.25) is 4.79 Å². The van der Waals surface area contributed by atoms with E-state index in [0.717, 1.165) is 38.5 Å². The van der Waals surface area contributed by atoms with E-state index in [-0.39, 0.29) is 17.3 Å². The Morgan fingerprint density at radius 2 is 2.09 bits per heavy atom. The van der Waals surface area contributed by atoms with Gasteiger partial charge in [0.1, 0.15) is 0 Å². The van der Waals surface area contributed by atoms with E-state index in [4.69, 9.17) is 0 Å². The predicted octanol–water partition coefficient (Wildman–Crippen LogP) is 4.57. The van der Waals surface area contributed by atoms with Crippen LogP contribution < -0.4 is 0 Å². The average Bonchev–Trinajstić information content (AvgIpc) is 2.46. The number of hydrogen-bond acceptors (Lipinski definition) is 2. The number of hydrogen-bond donors (Lipinski definition) is 2. The number of aliphatic hydroxyl groups is 1. The Kier molecular flexibility index (Phi) is 4.83. The van der Waals surface area contributed by atoms with E-state index in [9.17, 15) is 15.0 Å². The molecule has 5 atom stereocenters. The van der Waals surface area contributed by atoms with Crippen molar-refractivity contribution in [2.75, 3.05) is 0 Å². The summed E-state index contributed by atoms with van der Waals surface area (Å²) >= 11 is 0. The topological polar surface area (TPSA) is 57.5 Å². The first-order valence-corrected chi connectivity index (χ1v) is 8.84. The van der Waals surface area contributed by atoms with Gasteiger partial charge in [-0.25, -0.2) is 0 Å². The van der Waals surface area contributed by atoms with Crippen molar-refractivity contribution in [3.8, 4) is 0 Å². The van der Waals surface area contributed by atoms with E-state index in [1.165, 1.54) is 5.57 Å². The van der Waals surface area contributed by atoms with E-state index in [2.05, 4.69) is 20.1 Å². The van der Waals surface area contributed by atoms with Crippen LogP contribution in [0.5, 0.6) is 0 Å². The Morgan fingerprint density at radius 3 is 2.65 bits per heavy atom. The van der Waals surface area contributed by atoms with Crippen LogP contribution in [-0.4, -0.2) is 21.8 Å². The van der Waals surface area contributed by atoms with Crippen LogP contribution in [-0.2, 0) is 4.79 Å². The van der Waals surface area contributed by atoms with E-state index in [1.54, 1.807) is 13.0 Å². The van der Waals surface area contributed by atoms with Crippen LogP contribution in [0.4, 0.5) is 0 Å². The molecule has 0 unspecified atom stereocenters. The molecule has 0 aliphatic heterocycles. The van der Waals surface area contributed by atoms with Crippen LogP contribution in [0, 0.1) is 22.7 Å². The molecule has 0 saturated heterocycles. The van der Waals surface area contributed by atoms with E-state index in [0.29, 0.717) is 6.42 Å². The summed E-state index contributed by atoms with van der Waals surface area (Å²) in [6.07, 6.45) is 7.70. The zero-order valence-corrected chi connectivity index (χ0v) is 14.9. The SMILES string of the molecule is C=C[C@@](C)(O)CC[C@@H]1C(=C)CC[C@@H]2[C@@]1(C)CCC[C@@]2(C)C(=O)O. The second kappa shape index (κ2) is 6.08. The van der Waals surface area contributed by atoms with E-state index in [1.807, 2.05) is 6.92 Å². The maximum Gasteiger partial charge on any atom is 0.309 e. The highest BCUT2D eigenvalue weighted by Gasteiger charge is 2.57. The summed E-state index contributed by atoms with van der Waals surface area (Å²) in [5.74, 6) is -0.185. The molecular formula is C20H32O3. The fraction of sp³-hybridized carbons (Fsp3) is 0.750. The normalized spacial score (nSPS) is 40.1. The molecule has 23 heavy (non-hydrogen) atoms.